The Labute approximate surface area is 156 Å². The Morgan fingerprint density at radius 3 is 2.64 bits per heavy atom. The molecule has 0 saturated carbocycles. The lowest BCUT2D eigenvalue weighted by atomic mass is 10.2. The largest absolute Gasteiger partial charge is 0.483 e. The van der Waals surface area contributed by atoms with Crippen molar-refractivity contribution < 1.29 is 9.53 Å². The molecule has 2 aromatic carbocycles. The number of hydrogen-bond donors (Lipinski definition) is 0. The number of carbonyl (C=O) groups excluding carboxylic acids is 1. The van der Waals surface area contributed by atoms with Crippen molar-refractivity contribution in [3.05, 3.63) is 59.1 Å². The smallest absolute Gasteiger partial charge is 0.271 e. The predicted molar refractivity (Wildman–Crippen MR) is 105 cm³/mol. The number of para-hydroxylation sites is 1. The Morgan fingerprint density at radius 1 is 1.28 bits per heavy atom. The summed E-state index contributed by atoms with van der Waals surface area (Å²) in [5, 5.41) is 1.33. The number of hydrogen-bond acceptors (Lipinski definition) is 4. The molecule has 1 aliphatic heterocycles. The summed E-state index contributed by atoms with van der Waals surface area (Å²) in [5.41, 5.74) is 1.73. The highest BCUT2D eigenvalue weighted by molar-refractivity contribution is 8.14. The first-order valence-electron chi connectivity index (χ1n) is 8.02. The van der Waals surface area contributed by atoms with Crippen LogP contribution in [0.4, 0.5) is 5.69 Å². The lowest BCUT2D eigenvalue weighted by Crippen LogP contribution is -2.38. The van der Waals surface area contributed by atoms with E-state index < -0.39 is 0 Å². The fourth-order valence-corrected chi connectivity index (χ4v) is 3.64. The molecule has 25 heavy (non-hydrogen) atoms. The molecule has 2 aromatic rings. The molecule has 0 saturated heterocycles. The van der Waals surface area contributed by atoms with Crippen molar-refractivity contribution in [2.45, 2.75) is 19.9 Å². The van der Waals surface area contributed by atoms with E-state index >= 15 is 0 Å². The van der Waals surface area contributed by atoms with Crippen LogP contribution in [0.15, 0.2) is 53.5 Å². The average molecular weight is 375 g/mol. The van der Waals surface area contributed by atoms with E-state index in [-0.39, 0.29) is 18.6 Å². The van der Waals surface area contributed by atoms with Gasteiger partial charge in [0.15, 0.2) is 11.8 Å². The summed E-state index contributed by atoms with van der Waals surface area (Å²) in [5.74, 6) is 1.41. The Kier molecular flexibility index (Phi) is 5.66. The van der Waals surface area contributed by atoms with Crippen molar-refractivity contribution >= 4 is 40.1 Å². The molecule has 1 heterocycles. The van der Waals surface area contributed by atoms with Gasteiger partial charge in [-0.15, -0.1) is 0 Å². The van der Waals surface area contributed by atoms with Crippen LogP contribution in [-0.2, 0) is 4.79 Å². The molecule has 0 spiro atoms. The number of anilines is 1. The van der Waals surface area contributed by atoms with Crippen LogP contribution in [0.1, 0.15) is 12.5 Å². The van der Waals surface area contributed by atoms with E-state index in [2.05, 4.69) is 4.99 Å². The number of amides is 1. The van der Waals surface area contributed by atoms with Gasteiger partial charge in [-0.1, -0.05) is 41.6 Å². The lowest BCUT2D eigenvalue weighted by Gasteiger charge is -2.22. The summed E-state index contributed by atoms with van der Waals surface area (Å²) in [4.78, 5) is 19.1. The Balaban J connectivity index is 1.81. The van der Waals surface area contributed by atoms with Gasteiger partial charge in [-0.2, -0.15) is 0 Å². The quantitative estimate of drug-likeness (QED) is 0.788. The van der Waals surface area contributed by atoms with Crippen LogP contribution in [0.5, 0.6) is 5.75 Å². The van der Waals surface area contributed by atoms with Crippen molar-refractivity contribution in [1.82, 2.24) is 0 Å². The second-order valence-electron chi connectivity index (χ2n) is 5.83. The topological polar surface area (TPSA) is 41.9 Å². The van der Waals surface area contributed by atoms with Gasteiger partial charge in [-0.3, -0.25) is 14.7 Å². The summed E-state index contributed by atoms with van der Waals surface area (Å²) in [7, 11) is 0. The van der Waals surface area contributed by atoms with Crippen LogP contribution in [0.2, 0.25) is 5.02 Å². The Bertz CT molecular complexity index is 792. The van der Waals surface area contributed by atoms with Crippen LogP contribution in [0, 0.1) is 6.92 Å². The minimum Gasteiger partial charge on any atom is -0.483 e. The molecule has 0 N–H and O–H groups in total. The summed E-state index contributed by atoms with van der Waals surface area (Å²) in [6, 6.07) is 15.0. The summed E-state index contributed by atoms with van der Waals surface area (Å²) < 4.78 is 5.73. The number of thioether (sulfide) groups is 1. The lowest BCUT2D eigenvalue weighted by molar-refractivity contribution is -0.119. The maximum absolute atomic E-state index is 12.9. The third-order valence-corrected chi connectivity index (χ3v) is 5.20. The van der Waals surface area contributed by atoms with Gasteiger partial charge in [-0.25, -0.2) is 0 Å². The first kappa shape index (κ1) is 17.8. The van der Waals surface area contributed by atoms with Gasteiger partial charge in [0, 0.05) is 10.8 Å². The predicted octanol–water partition coefficient (Wildman–Crippen LogP) is 4.55. The number of carbonyl (C=O) groups is 1. The number of nitrogens with zero attached hydrogens (tertiary/aromatic N) is 2. The monoisotopic (exact) mass is 374 g/mol. The zero-order valence-electron chi connectivity index (χ0n) is 14.1. The van der Waals surface area contributed by atoms with E-state index in [1.54, 1.807) is 28.8 Å². The van der Waals surface area contributed by atoms with Crippen LogP contribution in [-0.4, -0.2) is 29.5 Å². The van der Waals surface area contributed by atoms with Gasteiger partial charge in [0.25, 0.3) is 5.91 Å². The van der Waals surface area contributed by atoms with E-state index in [0.29, 0.717) is 15.9 Å². The van der Waals surface area contributed by atoms with E-state index in [1.165, 1.54) is 0 Å². The summed E-state index contributed by atoms with van der Waals surface area (Å²) in [6.07, 6.45) is 0. The van der Waals surface area contributed by atoms with Crippen molar-refractivity contribution in [2.24, 2.45) is 4.99 Å². The van der Waals surface area contributed by atoms with Crippen LogP contribution >= 0.6 is 23.4 Å². The van der Waals surface area contributed by atoms with E-state index in [1.807, 2.05) is 50.2 Å². The fourth-order valence-electron chi connectivity index (χ4n) is 2.45. The molecule has 0 fully saturated rings. The highest BCUT2D eigenvalue weighted by atomic mass is 35.5. The zero-order valence-corrected chi connectivity index (χ0v) is 15.7. The van der Waals surface area contributed by atoms with Crippen LogP contribution in [0.25, 0.3) is 0 Å². The van der Waals surface area contributed by atoms with Gasteiger partial charge >= 0.3 is 0 Å². The van der Waals surface area contributed by atoms with Crippen LogP contribution in [0.3, 0.4) is 0 Å². The highest BCUT2D eigenvalue weighted by Crippen LogP contribution is 2.27. The third-order valence-electron chi connectivity index (χ3n) is 3.75. The van der Waals surface area contributed by atoms with Gasteiger partial charge in [0.1, 0.15) is 5.75 Å². The minimum atomic E-state index is -0.161. The fraction of sp³-hybridized carbons (Fsp3) is 0.263. The number of ether oxygens (including phenoxy) is 1. The minimum absolute atomic E-state index is 0.0541. The number of rotatable bonds is 4. The summed E-state index contributed by atoms with van der Waals surface area (Å²) in [6.45, 7) is 3.94. The second-order valence-corrected chi connectivity index (χ2v) is 7.26. The average Bonchev–Trinajstić information content (AvgIpc) is 3.02. The van der Waals surface area contributed by atoms with Crippen molar-refractivity contribution in [2.75, 3.05) is 17.3 Å². The van der Waals surface area contributed by atoms with Crippen molar-refractivity contribution in [3.63, 3.8) is 0 Å². The SMILES string of the molecule is Cc1ccccc1OCC(=O)N(C1=N[C@H](C)CS1)c1ccc(Cl)cc1. The molecular formula is C19H19ClN2O2S. The van der Waals surface area contributed by atoms with Crippen LogP contribution < -0.4 is 9.64 Å². The number of aliphatic imine (C=N–C) groups is 1. The molecule has 1 amide bonds. The maximum atomic E-state index is 12.9. The van der Waals surface area contributed by atoms with Gasteiger partial charge in [-0.05, 0) is 49.7 Å². The molecule has 0 aromatic heterocycles. The maximum Gasteiger partial charge on any atom is 0.271 e. The first-order chi connectivity index (χ1) is 12.0. The van der Waals surface area contributed by atoms with Gasteiger partial charge < -0.3 is 4.74 Å². The molecule has 0 bridgehead atoms. The Hall–Kier alpha value is -1.98. The molecule has 0 unspecified atom stereocenters. The molecule has 3 rings (SSSR count). The molecule has 130 valence electrons. The first-order valence-corrected chi connectivity index (χ1v) is 9.38. The number of aryl methyl sites for hydroxylation is 1. The molecule has 4 nitrogen and oxygen atoms in total. The molecule has 0 radical (unpaired) electrons. The Morgan fingerprint density at radius 2 is 2.00 bits per heavy atom. The van der Waals surface area contributed by atoms with E-state index in [4.69, 9.17) is 16.3 Å². The summed E-state index contributed by atoms with van der Waals surface area (Å²) >= 11 is 7.55. The van der Waals surface area contributed by atoms with Crippen molar-refractivity contribution in [1.29, 1.82) is 0 Å². The molecule has 1 atom stereocenters. The molecule has 0 aliphatic carbocycles. The standard InChI is InChI=1S/C19H19ClN2O2S/c1-13-5-3-4-6-17(13)24-11-18(23)22(19-21-14(2)12-25-19)16-9-7-15(20)8-10-16/h3-10,14H,11-12H2,1-2H3/t14-/m1/s1. The van der Waals surface area contributed by atoms with Gasteiger partial charge in [0.05, 0.1) is 11.7 Å². The van der Waals surface area contributed by atoms with E-state index in [0.717, 1.165) is 17.0 Å². The zero-order chi connectivity index (χ0) is 17.8. The second kappa shape index (κ2) is 7.93. The normalized spacial score (nSPS) is 16.4. The van der Waals surface area contributed by atoms with Gasteiger partial charge in [0.2, 0.25) is 0 Å². The molecule has 6 heteroatoms. The molecular weight excluding hydrogens is 356 g/mol. The molecule has 1 aliphatic rings. The van der Waals surface area contributed by atoms with Crippen molar-refractivity contribution in [3.8, 4) is 5.75 Å². The third kappa shape index (κ3) is 4.35. The number of amidine groups is 1. The highest BCUT2D eigenvalue weighted by Gasteiger charge is 2.27. The number of halogens is 1. The van der Waals surface area contributed by atoms with E-state index in [9.17, 15) is 4.79 Å². The number of benzene rings is 2.